The minimum atomic E-state index is -0.211. The molecule has 1 amide bonds. The molecular formula is C28H32N2O3S. The molecule has 3 aromatic rings. The molecule has 0 saturated carbocycles. The highest BCUT2D eigenvalue weighted by molar-refractivity contribution is 7.12. The average molecular weight is 477 g/mol. The SMILES string of the molecule is COc1cc(-c2csc(C=O)c2)cc(C(C)NC(=O)c2cc(C3CCN(C)CC3)ccc2C)c1. The number of hydrogen-bond acceptors (Lipinski definition) is 5. The van der Waals surface area contributed by atoms with Crippen LogP contribution >= 0.6 is 11.3 Å². The molecule has 0 radical (unpaired) electrons. The average Bonchev–Trinajstić information content (AvgIpc) is 3.34. The first-order valence-corrected chi connectivity index (χ1v) is 12.6. The van der Waals surface area contributed by atoms with E-state index in [1.54, 1.807) is 7.11 Å². The molecule has 5 nitrogen and oxygen atoms in total. The van der Waals surface area contributed by atoms with E-state index in [0.717, 1.165) is 60.0 Å². The number of benzene rings is 2. The van der Waals surface area contributed by atoms with Crippen molar-refractivity contribution in [1.82, 2.24) is 10.2 Å². The van der Waals surface area contributed by atoms with Gasteiger partial charge in [0.25, 0.3) is 5.91 Å². The number of carbonyl (C=O) groups is 2. The van der Waals surface area contributed by atoms with Gasteiger partial charge in [0, 0.05) is 5.56 Å². The summed E-state index contributed by atoms with van der Waals surface area (Å²) in [5.41, 5.74) is 5.84. The first-order chi connectivity index (χ1) is 16.4. The Bertz CT molecular complexity index is 1180. The van der Waals surface area contributed by atoms with Gasteiger partial charge >= 0.3 is 0 Å². The Morgan fingerprint density at radius 2 is 1.91 bits per heavy atom. The minimum absolute atomic E-state index is 0.0667. The Morgan fingerprint density at radius 3 is 2.59 bits per heavy atom. The van der Waals surface area contributed by atoms with Crippen molar-refractivity contribution in [2.45, 2.75) is 38.6 Å². The van der Waals surface area contributed by atoms with Crippen molar-refractivity contribution in [3.05, 3.63) is 75.0 Å². The number of ether oxygens (including phenoxy) is 1. The molecular weight excluding hydrogens is 444 g/mol. The molecule has 1 fully saturated rings. The van der Waals surface area contributed by atoms with Crippen LogP contribution in [0.1, 0.15) is 68.4 Å². The lowest BCUT2D eigenvalue weighted by atomic mass is 9.87. The van der Waals surface area contributed by atoms with Crippen molar-refractivity contribution in [2.24, 2.45) is 0 Å². The van der Waals surface area contributed by atoms with E-state index >= 15 is 0 Å². The predicted molar refractivity (Wildman–Crippen MR) is 138 cm³/mol. The third-order valence-corrected chi connectivity index (χ3v) is 7.64. The number of likely N-dealkylation sites (tertiary alicyclic amines) is 1. The monoisotopic (exact) mass is 476 g/mol. The Kier molecular flexibility index (Phi) is 7.49. The largest absolute Gasteiger partial charge is 0.497 e. The molecule has 4 rings (SSSR count). The highest BCUT2D eigenvalue weighted by atomic mass is 32.1. The van der Waals surface area contributed by atoms with Gasteiger partial charge in [-0.3, -0.25) is 9.59 Å². The molecule has 6 heteroatoms. The van der Waals surface area contributed by atoms with Crippen LogP contribution < -0.4 is 10.1 Å². The number of amides is 1. The molecule has 178 valence electrons. The maximum Gasteiger partial charge on any atom is 0.252 e. The fraction of sp³-hybridized carbons (Fsp3) is 0.357. The number of aldehydes is 1. The van der Waals surface area contributed by atoms with Crippen molar-refractivity contribution in [2.75, 3.05) is 27.2 Å². The van der Waals surface area contributed by atoms with Crippen LogP contribution in [0.15, 0.2) is 47.8 Å². The fourth-order valence-corrected chi connectivity index (χ4v) is 5.28. The van der Waals surface area contributed by atoms with E-state index in [0.29, 0.717) is 16.5 Å². The topological polar surface area (TPSA) is 58.6 Å². The predicted octanol–water partition coefficient (Wildman–Crippen LogP) is 5.84. The first kappa shape index (κ1) is 24.2. The third kappa shape index (κ3) is 5.40. The van der Waals surface area contributed by atoms with Crippen molar-refractivity contribution in [3.8, 4) is 16.9 Å². The smallest absolute Gasteiger partial charge is 0.252 e. The van der Waals surface area contributed by atoms with E-state index in [1.165, 1.54) is 16.9 Å². The molecule has 1 aromatic heterocycles. The summed E-state index contributed by atoms with van der Waals surface area (Å²) in [6.07, 6.45) is 3.11. The van der Waals surface area contributed by atoms with Gasteiger partial charge in [-0.25, -0.2) is 0 Å². The van der Waals surface area contributed by atoms with Gasteiger partial charge in [-0.2, -0.15) is 0 Å². The summed E-state index contributed by atoms with van der Waals surface area (Å²) in [5, 5.41) is 5.14. The summed E-state index contributed by atoms with van der Waals surface area (Å²) in [7, 11) is 3.80. The lowest BCUT2D eigenvalue weighted by Gasteiger charge is -2.29. The summed E-state index contributed by atoms with van der Waals surface area (Å²) in [6.45, 7) is 6.15. The van der Waals surface area contributed by atoms with E-state index in [2.05, 4.69) is 35.5 Å². The number of methoxy groups -OCH3 is 1. The maximum absolute atomic E-state index is 13.3. The molecule has 1 atom stereocenters. The summed E-state index contributed by atoms with van der Waals surface area (Å²) in [4.78, 5) is 27.4. The number of hydrogen-bond donors (Lipinski definition) is 1. The van der Waals surface area contributed by atoms with Gasteiger partial charge in [-0.1, -0.05) is 12.1 Å². The van der Waals surface area contributed by atoms with E-state index in [4.69, 9.17) is 4.74 Å². The molecule has 1 aliphatic heterocycles. The molecule has 1 unspecified atom stereocenters. The van der Waals surface area contributed by atoms with Crippen molar-refractivity contribution in [3.63, 3.8) is 0 Å². The second-order valence-corrected chi connectivity index (χ2v) is 10.1. The molecule has 1 N–H and O–H groups in total. The van der Waals surface area contributed by atoms with E-state index in [1.807, 2.05) is 43.5 Å². The Balaban J connectivity index is 1.55. The van der Waals surface area contributed by atoms with Gasteiger partial charge < -0.3 is 15.0 Å². The maximum atomic E-state index is 13.3. The van der Waals surface area contributed by atoms with Gasteiger partial charge in [0.1, 0.15) is 5.75 Å². The molecule has 1 aliphatic rings. The number of thiophene rings is 1. The number of rotatable bonds is 7. The fourth-order valence-electron chi connectivity index (χ4n) is 4.56. The van der Waals surface area contributed by atoms with Gasteiger partial charge in [0.05, 0.1) is 18.0 Å². The quantitative estimate of drug-likeness (QED) is 0.435. The van der Waals surface area contributed by atoms with Crippen LogP contribution in [0.3, 0.4) is 0 Å². The zero-order valence-electron chi connectivity index (χ0n) is 20.3. The first-order valence-electron chi connectivity index (χ1n) is 11.7. The standard InChI is InChI=1S/C28H32N2O3S/c1-18-5-6-21(20-7-9-30(3)10-8-20)15-27(18)28(32)29-19(2)22-11-23(13-25(12-22)33-4)24-14-26(16-31)34-17-24/h5-6,11-17,19-20H,7-10H2,1-4H3,(H,29,32). The number of carbonyl (C=O) groups excluding carboxylic acids is 2. The van der Waals surface area contributed by atoms with Crippen molar-refractivity contribution >= 4 is 23.5 Å². The number of nitrogens with zero attached hydrogens (tertiary/aromatic N) is 1. The molecule has 2 heterocycles. The molecule has 0 aliphatic carbocycles. The highest BCUT2D eigenvalue weighted by Gasteiger charge is 2.21. The zero-order chi connectivity index (χ0) is 24.2. The van der Waals surface area contributed by atoms with Gasteiger partial charge in [0.2, 0.25) is 0 Å². The van der Waals surface area contributed by atoms with Gasteiger partial charge in [-0.05, 0) is 116 Å². The van der Waals surface area contributed by atoms with E-state index in [-0.39, 0.29) is 11.9 Å². The summed E-state index contributed by atoms with van der Waals surface area (Å²) >= 11 is 1.41. The summed E-state index contributed by atoms with van der Waals surface area (Å²) in [5.74, 6) is 1.15. The normalized spacial score (nSPS) is 15.6. The van der Waals surface area contributed by atoms with Crippen LogP contribution in [0.5, 0.6) is 5.75 Å². The van der Waals surface area contributed by atoms with Crippen LogP contribution in [0.2, 0.25) is 0 Å². The molecule has 0 bridgehead atoms. The number of piperidine rings is 1. The Labute approximate surface area is 205 Å². The lowest BCUT2D eigenvalue weighted by Crippen LogP contribution is -2.30. The Morgan fingerprint density at radius 1 is 1.15 bits per heavy atom. The zero-order valence-corrected chi connectivity index (χ0v) is 21.1. The second kappa shape index (κ2) is 10.5. The molecule has 34 heavy (non-hydrogen) atoms. The van der Waals surface area contributed by atoms with Gasteiger partial charge in [0.15, 0.2) is 6.29 Å². The van der Waals surface area contributed by atoms with Crippen molar-refractivity contribution in [1.29, 1.82) is 0 Å². The summed E-state index contributed by atoms with van der Waals surface area (Å²) < 4.78 is 5.52. The van der Waals surface area contributed by atoms with Crippen LogP contribution in [0.25, 0.3) is 11.1 Å². The second-order valence-electron chi connectivity index (χ2n) is 9.20. The van der Waals surface area contributed by atoms with E-state index in [9.17, 15) is 9.59 Å². The molecule has 1 saturated heterocycles. The summed E-state index contributed by atoms with van der Waals surface area (Å²) in [6, 6.07) is 13.9. The highest BCUT2D eigenvalue weighted by Crippen LogP contribution is 2.32. The van der Waals surface area contributed by atoms with Gasteiger partial charge in [-0.15, -0.1) is 11.3 Å². The third-order valence-electron chi connectivity index (χ3n) is 6.78. The van der Waals surface area contributed by atoms with Crippen LogP contribution in [-0.2, 0) is 0 Å². The molecule has 0 spiro atoms. The minimum Gasteiger partial charge on any atom is -0.497 e. The number of aryl methyl sites for hydroxylation is 1. The van der Waals surface area contributed by atoms with Crippen molar-refractivity contribution < 1.29 is 14.3 Å². The Hall–Kier alpha value is -2.96. The molecule has 2 aromatic carbocycles. The van der Waals surface area contributed by atoms with Crippen LogP contribution in [0.4, 0.5) is 0 Å². The lowest BCUT2D eigenvalue weighted by molar-refractivity contribution is 0.0938. The van der Waals surface area contributed by atoms with Crippen LogP contribution in [0, 0.1) is 6.92 Å². The number of nitrogens with one attached hydrogen (secondary N) is 1. The van der Waals surface area contributed by atoms with Crippen LogP contribution in [-0.4, -0.2) is 44.3 Å². The van der Waals surface area contributed by atoms with E-state index < -0.39 is 0 Å².